The minimum absolute atomic E-state index is 0.0149. The Labute approximate surface area is 207 Å². The molecule has 8 heteroatoms. The van der Waals surface area contributed by atoms with E-state index in [4.69, 9.17) is 4.74 Å². The number of rotatable bonds is 9. The number of nitrogens with one attached hydrogen (secondary N) is 2. The lowest BCUT2D eigenvalue weighted by Gasteiger charge is -2.35. The van der Waals surface area contributed by atoms with E-state index in [0.717, 1.165) is 24.0 Å². The van der Waals surface area contributed by atoms with E-state index in [1.54, 1.807) is 29.3 Å². The first-order valence-electron chi connectivity index (χ1n) is 12.1. The molecule has 2 aromatic rings. The van der Waals surface area contributed by atoms with Crippen LogP contribution in [-0.4, -0.2) is 52.4 Å². The van der Waals surface area contributed by atoms with Gasteiger partial charge in [0.15, 0.2) is 0 Å². The van der Waals surface area contributed by atoms with Crippen LogP contribution in [0.5, 0.6) is 0 Å². The van der Waals surface area contributed by atoms with E-state index >= 15 is 0 Å². The molecule has 2 atom stereocenters. The third-order valence-corrected chi connectivity index (χ3v) is 5.69. The number of nitrogens with zero attached hydrogens (tertiary/aromatic N) is 2. The molecular formula is C27H36N4O4. The number of hydrogen-bond acceptors (Lipinski definition) is 5. The molecule has 3 amide bonds. The molecule has 8 nitrogen and oxygen atoms in total. The summed E-state index contributed by atoms with van der Waals surface area (Å²) < 4.78 is 5.81. The Balaban J connectivity index is 1.82. The average Bonchev–Trinajstić information content (AvgIpc) is 3.31. The van der Waals surface area contributed by atoms with Crippen LogP contribution in [0.25, 0.3) is 0 Å². The Morgan fingerprint density at radius 3 is 2.46 bits per heavy atom. The molecule has 1 aromatic heterocycles. The van der Waals surface area contributed by atoms with Gasteiger partial charge < -0.3 is 20.3 Å². The topological polar surface area (TPSA) is 101 Å². The summed E-state index contributed by atoms with van der Waals surface area (Å²) in [5, 5.41) is 5.73. The summed E-state index contributed by atoms with van der Waals surface area (Å²) in [6.45, 7) is 8.63. The highest BCUT2D eigenvalue weighted by Crippen LogP contribution is 2.26. The van der Waals surface area contributed by atoms with Crippen LogP contribution in [0.3, 0.4) is 0 Å². The summed E-state index contributed by atoms with van der Waals surface area (Å²) >= 11 is 0. The van der Waals surface area contributed by atoms with Crippen LogP contribution in [0, 0.1) is 6.92 Å². The fourth-order valence-electron chi connectivity index (χ4n) is 4.02. The van der Waals surface area contributed by atoms with E-state index in [1.165, 1.54) is 0 Å². The van der Waals surface area contributed by atoms with Crippen molar-refractivity contribution in [3.63, 3.8) is 0 Å². The molecule has 0 saturated carbocycles. The van der Waals surface area contributed by atoms with Crippen molar-refractivity contribution in [1.29, 1.82) is 0 Å². The molecule has 35 heavy (non-hydrogen) atoms. The Kier molecular flexibility index (Phi) is 8.98. The Morgan fingerprint density at radius 2 is 1.86 bits per heavy atom. The number of aryl methyl sites for hydroxylation is 1. The fraction of sp³-hybridized carbons (Fsp3) is 0.481. The van der Waals surface area contributed by atoms with Crippen molar-refractivity contribution in [3.8, 4) is 0 Å². The molecule has 0 aliphatic carbocycles. The highest BCUT2D eigenvalue weighted by atomic mass is 16.5. The number of benzene rings is 1. The van der Waals surface area contributed by atoms with E-state index in [9.17, 15) is 14.4 Å². The zero-order valence-corrected chi connectivity index (χ0v) is 21.0. The zero-order chi connectivity index (χ0) is 25.4. The second kappa shape index (κ2) is 11.9. The zero-order valence-electron chi connectivity index (χ0n) is 21.0. The van der Waals surface area contributed by atoms with Gasteiger partial charge in [0, 0.05) is 37.7 Å². The van der Waals surface area contributed by atoms with Crippen LogP contribution < -0.4 is 10.6 Å². The third-order valence-electron chi connectivity index (χ3n) is 5.69. The maximum atomic E-state index is 13.5. The van der Waals surface area contributed by atoms with E-state index in [-0.39, 0.29) is 43.2 Å². The second-order valence-electron chi connectivity index (χ2n) is 10.00. The van der Waals surface area contributed by atoms with Gasteiger partial charge in [0.05, 0.1) is 6.10 Å². The quantitative estimate of drug-likeness (QED) is 0.569. The largest absolute Gasteiger partial charge is 0.376 e. The maximum Gasteiger partial charge on any atom is 0.247 e. The third kappa shape index (κ3) is 8.17. The number of amides is 3. The fourth-order valence-corrected chi connectivity index (χ4v) is 4.02. The van der Waals surface area contributed by atoms with Gasteiger partial charge in [0.2, 0.25) is 17.7 Å². The normalized spacial score (nSPS) is 16.4. The molecular weight excluding hydrogens is 444 g/mol. The first-order valence-corrected chi connectivity index (χ1v) is 12.1. The molecule has 1 aliphatic heterocycles. The maximum absolute atomic E-state index is 13.5. The van der Waals surface area contributed by atoms with Crippen molar-refractivity contribution >= 4 is 23.5 Å². The average molecular weight is 481 g/mol. The molecule has 1 fully saturated rings. The van der Waals surface area contributed by atoms with Crippen molar-refractivity contribution in [3.05, 3.63) is 59.8 Å². The number of anilines is 1. The molecule has 1 aromatic carbocycles. The number of hydrogen-bond donors (Lipinski definition) is 2. The summed E-state index contributed by atoms with van der Waals surface area (Å²) in [4.78, 5) is 45.2. The molecule has 0 unspecified atom stereocenters. The lowest BCUT2D eigenvalue weighted by Crippen LogP contribution is -2.50. The van der Waals surface area contributed by atoms with Crippen LogP contribution >= 0.6 is 0 Å². The minimum Gasteiger partial charge on any atom is -0.376 e. The van der Waals surface area contributed by atoms with Crippen molar-refractivity contribution in [1.82, 2.24) is 15.2 Å². The molecule has 0 bridgehead atoms. The summed E-state index contributed by atoms with van der Waals surface area (Å²) in [5.74, 6) is -0.402. The highest BCUT2D eigenvalue weighted by molar-refractivity contribution is 5.94. The van der Waals surface area contributed by atoms with Gasteiger partial charge in [-0.1, -0.05) is 35.9 Å². The van der Waals surface area contributed by atoms with Gasteiger partial charge in [0.1, 0.15) is 11.9 Å². The monoisotopic (exact) mass is 480 g/mol. The molecule has 0 radical (unpaired) electrons. The molecule has 2 heterocycles. The van der Waals surface area contributed by atoms with Gasteiger partial charge in [-0.15, -0.1) is 0 Å². The Bertz CT molecular complexity index is 996. The minimum atomic E-state index is -0.828. The summed E-state index contributed by atoms with van der Waals surface area (Å²) in [6, 6.07) is 12.0. The van der Waals surface area contributed by atoms with Gasteiger partial charge >= 0.3 is 0 Å². The van der Waals surface area contributed by atoms with Crippen LogP contribution in [0.4, 0.5) is 5.82 Å². The lowest BCUT2D eigenvalue weighted by atomic mass is 9.99. The first-order chi connectivity index (χ1) is 16.6. The standard InChI is InChI=1S/C27H36N4O4/c1-19-10-12-20(13-11-19)25(26(34)30-27(2,3)4)31(18-21-8-7-17-35-21)24(33)15-14-23(32)29-22-9-5-6-16-28-22/h5-6,9-13,16,21,25H,7-8,14-15,17-18H2,1-4H3,(H,30,34)(H,28,29,32)/t21-,25-/m0/s1. The van der Waals surface area contributed by atoms with Crippen LogP contribution in [-0.2, 0) is 19.1 Å². The number of pyridine rings is 1. The predicted molar refractivity (Wildman–Crippen MR) is 135 cm³/mol. The van der Waals surface area contributed by atoms with Crippen molar-refractivity contribution in [2.24, 2.45) is 0 Å². The van der Waals surface area contributed by atoms with Crippen molar-refractivity contribution in [2.75, 3.05) is 18.5 Å². The van der Waals surface area contributed by atoms with Gasteiger partial charge in [0.25, 0.3) is 0 Å². The van der Waals surface area contributed by atoms with Crippen LogP contribution in [0.1, 0.15) is 63.6 Å². The summed E-state index contributed by atoms with van der Waals surface area (Å²) in [6.07, 6.45) is 3.14. The van der Waals surface area contributed by atoms with Gasteiger partial charge in [-0.25, -0.2) is 4.98 Å². The van der Waals surface area contributed by atoms with Gasteiger partial charge in [-0.2, -0.15) is 0 Å². The van der Waals surface area contributed by atoms with E-state index in [2.05, 4.69) is 15.6 Å². The first kappa shape index (κ1) is 26.3. The number of ether oxygens (including phenoxy) is 1. The molecule has 188 valence electrons. The molecule has 1 saturated heterocycles. The number of aromatic nitrogens is 1. The highest BCUT2D eigenvalue weighted by Gasteiger charge is 2.35. The summed E-state index contributed by atoms with van der Waals surface area (Å²) in [7, 11) is 0. The van der Waals surface area contributed by atoms with Crippen molar-refractivity contribution < 1.29 is 19.1 Å². The molecule has 3 rings (SSSR count). The molecule has 0 spiro atoms. The predicted octanol–water partition coefficient (Wildman–Crippen LogP) is 3.77. The smallest absolute Gasteiger partial charge is 0.247 e. The van der Waals surface area contributed by atoms with Crippen LogP contribution in [0.2, 0.25) is 0 Å². The Hall–Kier alpha value is -3.26. The number of carbonyl (C=O) groups excluding carboxylic acids is 3. The van der Waals surface area contributed by atoms with E-state index in [0.29, 0.717) is 12.4 Å². The van der Waals surface area contributed by atoms with E-state index < -0.39 is 11.6 Å². The lowest BCUT2D eigenvalue weighted by molar-refractivity contribution is -0.143. The Morgan fingerprint density at radius 1 is 1.11 bits per heavy atom. The molecule has 1 aliphatic rings. The summed E-state index contributed by atoms with van der Waals surface area (Å²) in [5.41, 5.74) is 1.31. The van der Waals surface area contributed by atoms with Gasteiger partial charge in [-0.05, 0) is 58.2 Å². The number of carbonyl (C=O) groups is 3. The van der Waals surface area contributed by atoms with E-state index in [1.807, 2.05) is 52.0 Å². The van der Waals surface area contributed by atoms with Crippen LogP contribution in [0.15, 0.2) is 48.7 Å². The van der Waals surface area contributed by atoms with Gasteiger partial charge in [-0.3, -0.25) is 14.4 Å². The van der Waals surface area contributed by atoms with Crippen molar-refractivity contribution in [2.45, 2.75) is 71.1 Å². The molecule has 2 N–H and O–H groups in total. The SMILES string of the molecule is Cc1ccc([C@@H](C(=O)NC(C)(C)C)N(C[C@@H]2CCCO2)C(=O)CCC(=O)Nc2ccccn2)cc1. The second-order valence-corrected chi connectivity index (χ2v) is 10.00.